The quantitative estimate of drug-likeness (QED) is 0.634. The van der Waals surface area contributed by atoms with E-state index in [1.807, 2.05) is 37.3 Å². The smallest absolute Gasteiger partial charge is 0.217 e. The minimum atomic E-state index is -0.0230. The summed E-state index contributed by atoms with van der Waals surface area (Å²) in [4.78, 5) is 24.2. The second kappa shape index (κ2) is 7.56. The Balaban J connectivity index is 2.00. The van der Waals surface area contributed by atoms with E-state index >= 15 is 0 Å². The third kappa shape index (κ3) is 3.69. The Kier molecular flexibility index (Phi) is 5.21. The summed E-state index contributed by atoms with van der Waals surface area (Å²) in [7, 11) is 0. The maximum atomic E-state index is 11.4. The number of fused-ring (bicyclic) bond motifs is 1. The summed E-state index contributed by atoms with van der Waals surface area (Å²) in [5.41, 5.74) is 4.01. The van der Waals surface area contributed by atoms with Crippen molar-refractivity contribution in [2.24, 2.45) is 0 Å². The Morgan fingerprint density at radius 1 is 1.19 bits per heavy atom. The van der Waals surface area contributed by atoms with Crippen LogP contribution in [0, 0.1) is 13.8 Å². The van der Waals surface area contributed by atoms with Crippen LogP contribution < -0.4 is 10.6 Å². The lowest BCUT2D eigenvalue weighted by atomic mass is 10.1. The number of aryl methyl sites for hydroxylation is 2. The highest BCUT2D eigenvalue weighted by Gasteiger charge is 2.16. The van der Waals surface area contributed by atoms with Gasteiger partial charge in [0, 0.05) is 30.8 Å². The zero-order valence-electron chi connectivity index (χ0n) is 15.7. The Labute approximate surface area is 153 Å². The molecule has 1 unspecified atom stereocenters. The number of amides is 1. The molecule has 6 nitrogen and oxygen atoms in total. The molecule has 1 atom stereocenters. The molecule has 0 fully saturated rings. The lowest BCUT2D eigenvalue weighted by Crippen LogP contribution is -2.38. The summed E-state index contributed by atoms with van der Waals surface area (Å²) in [5.74, 6) is 1.44. The van der Waals surface area contributed by atoms with E-state index in [1.165, 1.54) is 0 Å². The van der Waals surface area contributed by atoms with Crippen LogP contribution in [0.2, 0.25) is 0 Å². The number of nitrogens with one attached hydrogen (secondary N) is 3. The third-order valence-corrected chi connectivity index (χ3v) is 4.60. The number of H-pyrrole nitrogens is 1. The van der Waals surface area contributed by atoms with Crippen LogP contribution in [-0.4, -0.2) is 33.4 Å². The largest absolute Gasteiger partial charge is 0.367 e. The SMILES string of the molecule is CCC(CNc1nc(-c2ccccc2)nc2[nH]c(C)c(C)c12)NC(C)=O. The summed E-state index contributed by atoms with van der Waals surface area (Å²) in [6.07, 6.45) is 0.845. The number of hydrogen-bond acceptors (Lipinski definition) is 4. The lowest BCUT2D eigenvalue weighted by molar-refractivity contribution is -0.119. The van der Waals surface area contributed by atoms with E-state index in [1.54, 1.807) is 6.92 Å². The van der Waals surface area contributed by atoms with Crippen molar-refractivity contribution < 1.29 is 4.79 Å². The van der Waals surface area contributed by atoms with Gasteiger partial charge in [0.2, 0.25) is 5.91 Å². The molecule has 0 bridgehead atoms. The molecule has 0 aliphatic heterocycles. The molecular formula is C20H25N5O. The van der Waals surface area contributed by atoms with Crippen molar-refractivity contribution in [3.8, 4) is 11.4 Å². The van der Waals surface area contributed by atoms with Crippen LogP contribution >= 0.6 is 0 Å². The van der Waals surface area contributed by atoms with Crippen LogP contribution in [0.5, 0.6) is 0 Å². The maximum Gasteiger partial charge on any atom is 0.217 e. The van der Waals surface area contributed by atoms with E-state index in [-0.39, 0.29) is 11.9 Å². The van der Waals surface area contributed by atoms with E-state index in [2.05, 4.69) is 29.5 Å². The molecule has 0 spiro atoms. The molecule has 3 aromatic rings. The van der Waals surface area contributed by atoms with Crippen LogP contribution in [0.15, 0.2) is 30.3 Å². The predicted molar refractivity (Wildman–Crippen MR) is 105 cm³/mol. The number of aromatic amines is 1. The molecule has 0 saturated heterocycles. The summed E-state index contributed by atoms with van der Waals surface area (Å²) in [6.45, 7) is 8.31. The van der Waals surface area contributed by atoms with Crippen molar-refractivity contribution >= 4 is 22.8 Å². The van der Waals surface area contributed by atoms with Crippen LogP contribution in [0.1, 0.15) is 31.5 Å². The Bertz CT molecular complexity index is 917. The van der Waals surface area contributed by atoms with Crippen molar-refractivity contribution in [3.05, 3.63) is 41.6 Å². The average molecular weight is 351 g/mol. The molecule has 1 amide bonds. The fraction of sp³-hybridized carbons (Fsp3) is 0.350. The zero-order chi connectivity index (χ0) is 18.7. The summed E-state index contributed by atoms with van der Waals surface area (Å²) in [6, 6.07) is 9.98. The van der Waals surface area contributed by atoms with Crippen molar-refractivity contribution in [2.75, 3.05) is 11.9 Å². The van der Waals surface area contributed by atoms with Gasteiger partial charge in [0.1, 0.15) is 11.5 Å². The van der Waals surface area contributed by atoms with Crippen LogP contribution in [0.3, 0.4) is 0 Å². The zero-order valence-corrected chi connectivity index (χ0v) is 15.7. The van der Waals surface area contributed by atoms with Crippen LogP contribution in [-0.2, 0) is 4.79 Å². The van der Waals surface area contributed by atoms with Crippen molar-refractivity contribution in [1.29, 1.82) is 0 Å². The van der Waals surface area contributed by atoms with Gasteiger partial charge in [-0.05, 0) is 25.8 Å². The first-order valence-corrected chi connectivity index (χ1v) is 8.93. The molecule has 2 heterocycles. The first-order chi connectivity index (χ1) is 12.5. The molecule has 0 saturated carbocycles. The number of carbonyl (C=O) groups excluding carboxylic acids is 1. The van der Waals surface area contributed by atoms with E-state index in [9.17, 15) is 4.79 Å². The summed E-state index contributed by atoms with van der Waals surface area (Å²) < 4.78 is 0. The number of aromatic nitrogens is 3. The first kappa shape index (κ1) is 17.9. The molecule has 3 rings (SSSR count). The average Bonchev–Trinajstić information content (AvgIpc) is 2.93. The van der Waals surface area contributed by atoms with Crippen molar-refractivity contribution in [2.45, 2.75) is 40.2 Å². The number of nitrogens with zero attached hydrogens (tertiary/aromatic N) is 2. The molecule has 136 valence electrons. The molecule has 26 heavy (non-hydrogen) atoms. The number of carbonyl (C=O) groups is 1. The van der Waals surface area contributed by atoms with Crippen LogP contribution in [0.4, 0.5) is 5.82 Å². The number of rotatable bonds is 6. The Morgan fingerprint density at radius 2 is 1.92 bits per heavy atom. The molecule has 0 aliphatic carbocycles. The van der Waals surface area contributed by atoms with Gasteiger partial charge in [0.05, 0.1) is 5.39 Å². The fourth-order valence-corrected chi connectivity index (χ4v) is 3.01. The second-order valence-corrected chi connectivity index (χ2v) is 6.55. The maximum absolute atomic E-state index is 11.4. The highest BCUT2D eigenvalue weighted by atomic mass is 16.1. The van der Waals surface area contributed by atoms with E-state index in [4.69, 9.17) is 9.97 Å². The number of anilines is 1. The van der Waals surface area contributed by atoms with Gasteiger partial charge in [-0.15, -0.1) is 0 Å². The highest BCUT2D eigenvalue weighted by Crippen LogP contribution is 2.29. The monoisotopic (exact) mass is 351 g/mol. The minimum absolute atomic E-state index is 0.0230. The highest BCUT2D eigenvalue weighted by molar-refractivity contribution is 5.92. The van der Waals surface area contributed by atoms with Gasteiger partial charge in [0.25, 0.3) is 0 Å². The van der Waals surface area contributed by atoms with Crippen molar-refractivity contribution in [3.63, 3.8) is 0 Å². The van der Waals surface area contributed by atoms with E-state index in [0.29, 0.717) is 12.4 Å². The minimum Gasteiger partial charge on any atom is -0.367 e. The van der Waals surface area contributed by atoms with Gasteiger partial charge in [-0.1, -0.05) is 37.3 Å². The Hall–Kier alpha value is -2.89. The first-order valence-electron chi connectivity index (χ1n) is 8.93. The normalized spacial score (nSPS) is 12.2. The standard InChI is InChI=1S/C20H25N5O/c1-5-16(23-14(4)26)11-21-19-17-12(2)13(3)22-20(17)25-18(24-19)15-9-7-6-8-10-15/h6-10,16H,5,11H2,1-4H3,(H,23,26)(H2,21,22,24,25). The third-order valence-electron chi connectivity index (χ3n) is 4.60. The molecule has 6 heteroatoms. The Morgan fingerprint density at radius 3 is 2.58 bits per heavy atom. The molecule has 3 N–H and O–H groups in total. The van der Waals surface area contributed by atoms with Gasteiger partial charge >= 0.3 is 0 Å². The summed E-state index contributed by atoms with van der Waals surface area (Å²) in [5, 5.41) is 7.38. The molecular weight excluding hydrogens is 326 g/mol. The second-order valence-electron chi connectivity index (χ2n) is 6.55. The number of hydrogen-bond donors (Lipinski definition) is 3. The van der Waals surface area contributed by atoms with Crippen molar-refractivity contribution in [1.82, 2.24) is 20.3 Å². The fourth-order valence-electron chi connectivity index (χ4n) is 3.01. The van der Waals surface area contributed by atoms with Gasteiger partial charge in [-0.25, -0.2) is 9.97 Å². The molecule has 1 aromatic carbocycles. The van der Waals surface area contributed by atoms with E-state index in [0.717, 1.165) is 40.1 Å². The lowest BCUT2D eigenvalue weighted by Gasteiger charge is -2.17. The van der Waals surface area contributed by atoms with Gasteiger partial charge < -0.3 is 15.6 Å². The molecule has 0 aliphatic rings. The van der Waals surface area contributed by atoms with Crippen LogP contribution in [0.25, 0.3) is 22.4 Å². The number of benzene rings is 1. The molecule has 0 radical (unpaired) electrons. The molecule has 2 aromatic heterocycles. The topological polar surface area (TPSA) is 82.7 Å². The predicted octanol–water partition coefficient (Wildman–Crippen LogP) is 3.57. The summed E-state index contributed by atoms with van der Waals surface area (Å²) >= 11 is 0. The van der Waals surface area contributed by atoms with E-state index < -0.39 is 0 Å². The van der Waals surface area contributed by atoms with Gasteiger partial charge in [-0.2, -0.15) is 0 Å². The van der Waals surface area contributed by atoms with Gasteiger partial charge in [0.15, 0.2) is 5.82 Å². The van der Waals surface area contributed by atoms with Gasteiger partial charge in [-0.3, -0.25) is 4.79 Å².